The zero-order valence-corrected chi connectivity index (χ0v) is 8.93. The van der Waals surface area contributed by atoms with Gasteiger partial charge in [-0.05, 0) is 30.2 Å². The topological polar surface area (TPSA) is 63.3 Å². The van der Waals surface area contributed by atoms with Crippen molar-refractivity contribution in [3.8, 4) is 0 Å². The van der Waals surface area contributed by atoms with Crippen molar-refractivity contribution in [2.45, 2.75) is 13.0 Å². The summed E-state index contributed by atoms with van der Waals surface area (Å²) in [5.74, 6) is -1.09. The van der Waals surface area contributed by atoms with Crippen molar-refractivity contribution in [1.29, 1.82) is 0 Å². The first-order chi connectivity index (χ1) is 6.43. The number of carbonyl (C=O) groups is 1. The van der Waals surface area contributed by atoms with Crippen LogP contribution in [0.4, 0.5) is 0 Å². The summed E-state index contributed by atoms with van der Waals surface area (Å²) in [5.41, 5.74) is 6.65. The monoisotopic (exact) mass is 233 g/mol. The van der Waals surface area contributed by atoms with Crippen LogP contribution in [0.15, 0.2) is 12.1 Å². The number of hydrogen-bond acceptors (Lipinski definition) is 2. The highest BCUT2D eigenvalue weighted by atomic mass is 35.5. The molecule has 0 aromatic heterocycles. The van der Waals surface area contributed by atoms with Crippen LogP contribution in [-0.4, -0.2) is 11.1 Å². The molecule has 0 aliphatic rings. The number of carboxylic acid groups (broad SMARTS) is 1. The van der Waals surface area contributed by atoms with E-state index < -0.39 is 12.0 Å². The Bertz CT molecular complexity index is 379. The van der Waals surface area contributed by atoms with Gasteiger partial charge in [0.1, 0.15) is 6.04 Å². The van der Waals surface area contributed by atoms with Crippen molar-refractivity contribution >= 4 is 29.2 Å². The van der Waals surface area contributed by atoms with Crippen LogP contribution in [0.25, 0.3) is 0 Å². The van der Waals surface area contributed by atoms with Crippen LogP contribution in [-0.2, 0) is 4.79 Å². The highest BCUT2D eigenvalue weighted by Gasteiger charge is 2.17. The molecular formula is C9H9Cl2NO2. The molecule has 0 radical (unpaired) electrons. The minimum Gasteiger partial charge on any atom is -0.480 e. The summed E-state index contributed by atoms with van der Waals surface area (Å²) in [5, 5.41) is 9.42. The van der Waals surface area contributed by atoms with Crippen LogP contribution in [0.1, 0.15) is 17.2 Å². The summed E-state index contributed by atoms with van der Waals surface area (Å²) < 4.78 is 0. The lowest BCUT2D eigenvalue weighted by molar-refractivity contribution is -0.138. The number of hydrogen-bond donors (Lipinski definition) is 2. The molecule has 76 valence electrons. The first-order valence-electron chi connectivity index (χ1n) is 3.87. The first-order valence-corrected chi connectivity index (χ1v) is 4.63. The Kier molecular flexibility index (Phi) is 3.37. The Labute approximate surface area is 91.4 Å². The predicted molar refractivity (Wildman–Crippen MR) is 55.8 cm³/mol. The minimum atomic E-state index is -1.09. The van der Waals surface area contributed by atoms with E-state index in [4.69, 9.17) is 34.0 Å². The molecule has 0 saturated heterocycles. The third kappa shape index (κ3) is 2.18. The van der Waals surface area contributed by atoms with E-state index in [0.29, 0.717) is 21.2 Å². The molecule has 0 spiro atoms. The van der Waals surface area contributed by atoms with Crippen molar-refractivity contribution in [2.75, 3.05) is 0 Å². The molecule has 0 bridgehead atoms. The van der Waals surface area contributed by atoms with E-state index in [0.717, 1.165) is 0 Å². The summed E-state index contributed by atoms with van der Waals surface area (Å²) in [4.78, 5) is 10.6. The molecule has 5 heteroatoms. The molecule has 3 N–H and O–H groups in total. The molecule has 0 saturated carbocycles. The summed E-state index contributed by atoms with van der Waals surface area (Å²) in [6.45, 7) is 1.74. The second kappa shape index (κ2) is 4.17. The number of rotatable bonds is 2. The van der Waals surface area contributed by atoms with Crippen molar-refractivity contribution in [2.24, 2.45) is 5.73 Å². The number of aliphatic carboxylic acids is 1. The lowest BCUT2D eigenvalue weighted by Gasteiger charge is -2.11. The zero-order valence-electron chi connectivity index (χ0n) is 7.42. The highest BCUT2D eigenvalue weighted by Crippen LogP contribution is 2.28. The van der Waals surface area contributed by atoms with Crippen LogP contribution in [0.2, 0.25) is 10.0 Å². The van der Waals surface area contributed by atoms with Gasteiger partial charge in [-0.3, -0.25) is 4.79 Å². The lowest BCUT2D eigenvalue weighted by atomic mass is 10.0. The molecule has 0 unspecified atom stereocenters. The van der Waals surface area contributed by atoms with Crippen LogP contribution in [0.3, 0.4) is 0 Å². The van der Waals surface area contributed by atoms with Crippen molar-refractivity contribution in [1.82, 2.24) is 0 Å². The first kappa shape index (κ1) is 11.3. The second-order valence-corrected chi connectivity index (χ2v) is 3.75. The van der Waals surface area contributed by atoms with E-state index >= 15 is 0 Å². The number of carboxylic acids is 1. The molecule has 3 nitrogen and oxygen atoms in total. The molecule has 0 aliphatic heterocycles. The van der Waals surface area contributed by atoms with Gasteiger partial charge in [0.25, 0.3) is 0 Å². The summed E-state index contributed by atoms with van der Waals surface area (Å²) in [6, 6.07) is 2.02. The number of halogens is 2. The molecule has 0 fully saturated rings. The maximum atomic E-state index is 10.6. The van der Waals surface area contributed by atoms with Gasteiger partial charge in [0.2, 0.25) is 0 Å². The van der Waals surface area contributed by atoms with Crippen molar-refractivity contribution in [3.05, 3.63) is 33.3 Å². The average molecular weight is 234 g/mol. The van der Waals surface area contributed by atoms with Crippen LogP contribution < -0.4 is 5.73 Å². The molecule has 1 aromatic rings. The summed E-state index contributed by atoms with van der Waals surface area (Å²) in [6.07, 6.45) is 0. The van der Waals surface area contributed by atoms with E-state index in [1.54, 1.807) is 13.0 Å². The largest absolute Gasteiger partial charge is 0.480 e. The standard InChI is InChI=1S/C9H9Cl2NO2/c1-4-2-6(10)7(11)3-5(4)8(12)9(13)14/h2-3,8H,12H2,1H3,(H,13,14)/t8-/m1/s1. The van der Waals surface area contributed by atoms with Gasteiger partial charge >= 0.3 is 5.97 Å². The Morgan fingerprint density at radius 3 is 2.43 bits per heavy atom. The molecule has 0 aliphatic carbocycles. The van der Waals surface area contributed by atoms with E-state index in [-0.39, 0.29) is 0 Å². The SMILES string of the molecule is Cc1cc(Cl)c(Cl)cc1[C@@H](N)C(=O)O. The fourth-order valence-corrected chi connectivity index (χ4v) is 1.52. The molecule has 0 heterocycles. The fraction of sp³-hybridized carbons (Fsp3) is 0.222. The van der Waals surface area contributed by atoms with Gasteiger partial charge in [-0.2, -0.15) is 0 Å². The normalized spacial score (nSPS) is 12.6. The molecule has 1 aromatic carbocycles. The summed E-state index contributed by atoms with van der Waals surface area (Å²) >= 11 is 11.5. The second-order valence-electron chi connectivity index (χ2n) is 2.94. The maximum absolute atomic E-state index is 10.6. The van der Waals surface area contributed by atoms with Gasteiger partial charge in [-0.25, -0.2) is 0 Å². The Morgan fingerprint density at radius 2 is 1.93 bits per heavy atom. The predicted octanol–water partition coefficient (Wildman–Crippen LogP) is 2.39. The Hall–Kier alpha value is -0.770. The smallest absolute Gasteiger partial charge is 0.325 e. The van der Waals surface area contributed by atoms with Gasteiger partial charge in [-0.1, -0.05) is 23.2 Å². The Balaban J connectivity index is 3.22. The van der Waals surface area contributed by atoms with Gasteiger partial charge in [0.15, 0.2) is 0 Å². The van der Waals surface area contributed by atoms with E-state index in [2.05, 4.69) is 0 Å². The van der Waals surface area contributed by atoms with E-state index in [9.17, 15) is 4.79 Å². The number of aryl methyl sites for hydroxylation is 1. The van der Waals surface area contributed by atoms with Gasteiger partial charge in [0.05, 0.1) is 10.0 Å². The third-order valence-electron chi connectivity index (χ3n) is 1.91. The molecule has 1 atom stereocenters. The quantitative estimate of drug-likeness (QED) is 0.825. The van der Waals surface area contributed by atoms with E-state index in [1.807, 2.05) is 0 Å². The van der Waals surface area contributed by atoms with Crippen molar-refractivity contribution in [3.63, 3.8) is 0 Å². The van der Waals surface area contributed by atoms with E-state index in [1.165, 1.54) is 6.07 Å². The van der Waals surface area contributed by atoms with Gasteiger partial charge in [0, 0.05) is 0 Å². The lowest BCUT2D eigenvalue weighted by Crippen LogP contribution is -2.21. The third-order valence-corrected chi connectivity index (χ3v) is 2.63. The molecular weight excluding hydrogens is 225 g/mol. The van der Waals surface area contributed by atoms with Crippen LogP contribution in [0.5, 0.6) is 0 Å². The zero-order chi connectivity index (χ0) is 10.9. The highest BCUT2D eigenvalue weighted by molar-refractivity contribution is 6.42. The van der Waals surface area contributed by atoms with Gasteiger partial charge in [-0.15, -0.1) is 0 Å². The average Bonchev–Trinajstić information content (AvgIpc) is 2.10. The summed E-state index contributed by atoms with van der Waals surface area (Å²) in [7, 11) is 0. The van der Waals surface area contributed by atoms with Crippen LogP contribution in [0, 0.1) is 6.92 Å². The fourth-order valence-electron chi connectivity index (χ4n) is 1.13. The van der Waals surface area contributed by atoms with Crippen LogP contribution >= 0.6 is 23.2 Å². The number of benzene rings is 1. The Morgan fingerprint density at radius 1 is 1.43 bits per heavy atom. The minimum absolute atomic E-state index is 0.309. The molecule has 0 amide bonds. The van der Waals surface area contributed by atoms with Gasteiger partial charge < -0.3 is 10.8 Å². The van der Waals surface area contributed by atoms with Crippen molar-refractivity contribution < 1.29 is 9.90 Å². The number of nitrogens with two attached hydrogens (primary N) is 1. The molecule has 14 heavy (non-hydrogen) atoms. The molecule has 1 rings (SSSR count). The maximum Gasteiger partial charge on any atom is 0.325 e.